The minimum Gasteiger partial charge on any atom is -0.379 e. The minimum absolute atomic E-state index is 0.180. The Bertz CT molecular complexity index is 618. The zero-order valence-electron chi connectivity index (χ0n) is 10.6. The summed E-state index contributed by atoms with van der Waals surface area (Å²) < 4.78 is 5.20. The predicted molar refractivity (Wildman–Crippen MR) is 74.9 cm³/mol. The number of amides is 1. The fourth-order valence-corrected chi connectivity index (χ4v) is 2.28. The van der Waals surface area contributed by atoms with E-state index in [2.05, 4.69) is 5.32 Å². The summed E-state index contributed by atoms with van der Waals surface area (Å²) in [5.41, 5.74) is 5.89. The second-order valence-electron chi connectivity index (χ2n) is 4.97. The molecule has 1 atom stereocenters. The van der Waals surface area contributed by atoms with Gasteiger partial charge in [0.2, 0.25) is 5.91 Å². The molecule has 1 saturated heterocycles. The van der Waals surface area contributed by atoms with E-state index in [0.29, 0.717) is 13.0 Å². The van der Waals surface area contributed by atoms with Crippen LogP contribution in [0.15, 0.2) is 42.5 Å². The lowest BCUT2D eigenvalue weighted by Gasteiger charge is -2.20. The third kappa shape index (κ3) is 2.32. The molecule has 2 aromatic carbocycles. The zero-order valence-corrected chi connectivity index (χ0v) is 10.6. The molecule has 1 aliphatic rings. The Morgan fingerprint density at radius 1 is 1.21 bits per heavy atom. The lowest BCUT2D eigenvalue weighted by atomic mass is 9.99. The number of hydrogen-bond acceptors (Lipinski definition) is 3. The average Bonchev–Trinajstić information content (AvgIpc) is 2.87. The smallest absolute Gasteiger partial charge is 0.246 e. The van der Waals surface area contributed by atoms with Crippen LogP contribution in [0, 0.1) is 0 Å². The van der Waals surface area contributed by atoms with Crippen LogP contribution >= 0.6 is 0 Å². The monoisotopic (exact) mass is 256 g/mol. The number of anilines is 1. The largest absolute Gasteiger partial charge is 0.379 e. The highest BCUT2D eigenvalue weighted by Crippen LogP contribution is 2.21. The van der Waals surface area contributed by atoms with Crippen LogP contribution in [0.5, 0.6) is 0 Å². The van der Waals surface area contributed by atoms with Gasteiger partial charge in [-0.05, 0) is 29.3 Å². The molecule has 3 rings (SSSR count). The van der Waals surface area contributed by atoms with Crippen LogP contribution < -0.4 is 11.1 Å². The number of nitrogens with two attached hydrogens (primary N) is 1. The van der Waals surface area contributed by atoms with Gasteiger partial charge in [0.15, 0.2) is 0 Å². The summed E-state index contributed by atoms with van der Waals surface area (Å²) in [6, 6.07) is 13.8. The SMILES string of the molecule is NC1(C(=O)Nc2ccc3ccccc3c2)CCOC1. The molecule has 0 spiro atoms. The van der Waals surface area contributed by atoms with E-state index >= 15 is 0 Å². The van der Waals surface area contributed by atoms with Gasteiger partial charge in [-0.15, -0.1) is 0 Å². The Morgan fingerprint density at radius 3 is 2.74 bits per heavy atom. The van der Waals surface area contributed by atoms with E-state index in [9.17, 15) is 4.79 Å². The Hall–Kier alpha value is -1.91. The van der Waals surface area contributed by atoms with Crippen LogP contribution in [0.4, 0.5) is 5.69 Å². The number of rotatable bonds is 2. The van der Waals surface area contributed by atoms with Crippen LogP contribution in [0.3, 0.4) is 0 Å². The molecule has 1 amide bonds. The summed E-state index contributed by atoms with van der Waals surface area (Å²) >= 11 is 0. The summed E-state index contributed by atoms with van der Waals surface area (Å²) in [7, 11) is 0. The predicted octanol–water partition coefficient (Wildman–Crippen LogP) is 1.90. The van der Waals surface area contributed by atoms with Crippen molar-refractivity contribution in [2.24, 2.45) is 5.73 Å². The maximum Gasteiger partial charge on any atom is 0.246 e. The van der Waals surface area contributed by atoms with Crippen molar-refractivity contribution < 1.29 is 9.53 Å². The molecule has 19 heavy (non-hydrogen) atoms. The van der Waals surface area contributed by atoms with E-state index in [1.807, 2.05) is 42.5 Å². The van der Waals surface area contributed by atoms with Gasteiger partial charge in [0, 0.05) is 12.3 Å². The summed E-state index contributed by atoms with van der Waals surface area (Å²) in [5.74, 6) is -0.180. The highest BCUT2D eigenvalue weighted by molar-refractivity contribution is 6.00. The summed E-state index contributed by atoms with van der Waals surface area (Å²) in [4.78, 5) is 12.2. The second-order valence-corrected chi connectivity index (χ2v) is 4.97. The molecular formula is C15H16N2O2. The van der Waals surface area contributed by atoms with Gasteiger partial charge in [0.25, 0.3) is 0 Å². The molecule has 3 N–H and O–H groups in total. The van der Waals surface area contributed by atoms with E-state index < -0.39 is 5.54 Å². The number of carbonyl (C=O) groups is 1. The molecule has 0 aromatic heterocycles. The maximum absolute atomic E-state index is 12.2. The maximum atomic E-state index is 12.2. The topological polar surface area (TPSA) is 64.4 Å². The number of benzene rings is 2. The Labute approximate surface area is 111 Å². The molecule has 1 heterocycles. The van der Waals surface area contributed by atoms with Crippen LogP contribution in [0.25, 0.3) is 10.8 Å². The molecule has 0 saturated carbocycles. The molecular weight excluding hydrogens is 240 g/mol. The van der Waals surface area contributed by atoms with Crippen molar-refractivity contribution in [1.82, 2.24) is 0 Å². The first-order valence-electron chi connectivity index (χ1n) is 6.34. The lowest BCUT2D eigenvalue weighted by Crippen LogP contribution is -2.51. The third-order valence-electron chi connectivity index (χ3n) is 3.51. The first kappa shape index (κ1) is 12.1. The first-order chi connectivity index (χ1) is 9.17. The number of ether oxygens (including phenoxy) is 1. The Balaban J connectivity index is 1.83. The van der Waals surface area contributed by atoms with Crippen molar-refractivity contribution in [2.45, 2.75) is 12.0 Å². The van der Waals surface area contributed by atoms with Crippen LogP contribution in [0.1, 0.15) is 6.42 Å². The average molecular weight is 256 g/mol. The van der Waals surface area contributed by atoms with Gasteiger partial charge in [-0.1, -0.05) is 30.3 Å². The minimum atomic E-state index is -0.897. The van der Waals surface area contributed by atoms with Crippen LogP contribution in [0.2, 0.25) is 0 Å². The highest BCUT2D eigenvalue weighted by Gasteiger charge is 2.38. The van der Waals surface area contributed by atoms with Crippen LogP contribution in [-0.2, 0) is 9.53 Å². The number of carbonyl (C=O) groups excluding carboxylic acids is 1. The molecule has 1 unspecified atom stereocenters. The molecule has 98 valence electrons. The Kier molecular flexibility index (Phi) is 2.97. The van der Waals surface area contributed by atoms with Crippen molar-refractivity contribution in [1.29, 1.82) is 0 Å². The quantitative estimate of drug-likeness (QED) is 0.862. The molecule has 4 nitrogen and oxygen atoms in total. The molecule has 0 aliphatic carbocycles. The summed E-state index contributed by atoms with van der Waals surface area (Å²) in [5, 5.41) is 5.11. The summed E-state index contributed by atoms with van der Waals surface area (Å²) in [6.45, 7) is 0.827. The fourth-order valence-electron chi connectivity index (χ4n) is 2.28. The van der Waals surface area contributed by atoms with Gasteiger partial charge in [0.05, 0.1) is 6.61 Å². The number of hydrogen-bond donors (Lipinski definition) is 2. The molecule has 0 bridgehead atoms. The molecule has 2 aromatic rings. The Morgan fingerprint density at radius 2 is 2.00 bits per heavy atom. The number of nitrogens with one attached hydrogen (secondary N) is 1. The van der Waals surface area contributed by atoms with E-state index in [4.69, 9.17) is 10.5 Å². The first-order valence-corrected chi connectivity index (χ1v) is 6.34. The molecule has 1 fully saturated rings. The number of fused-ring (bicyclic) bond motifs is 1. The van der Waals surface area contributed by atoms with E-state index in [-0.39, 0.29) is 12.5 Å². The summed E-state index contributed by atoms with van der Waals surface area (Å²) in [6.07, 6.45) is 0.562. The van der Waals surface area contributed by atoms with Crippen molar-refractivity contribution in [3.63, 3.8) is 0 Å². The molecule has 1 aliphatic heterocycles. The van der Waals surface area contributed by atoms with Crippen molar-refractivity contribution in [2.75, 3.05) is 18.5 Å². The zero-order chi connectivity index (χ0) is 13.3. The standard InChI is InChI=1S/C15H16N2O2/c16-15(7-8-19-10-15)14(18)17-13-6-5-11-3-1-2-4-12(11)9-13/h1-6,9H,7-8,10,16H2,(H,17,18). The second kappa shape index (κ2) is 4.64. The van der Waals surface area contributed by atoms with Crippen molar-refractivity contribution in [3.05, 3.63) is 42.5 Å². The van der Waals surface area contributed by atoms with Crippen molar-refractivity contribution >= 4 is 22.4 Å². The lowest BCUT2D eigenvalue weighted by molar-refractivity contribution is -0.121. The van der Waals surface area contributed by atoms with Gasteiger partial charge < -0.3 is 15.8 Å². The highest BCUT2D eigenvalue weighted by atomic mass is 16.5. The van der Waals surface area contributed by atoms with Gasteiger partial charge in [-0.2, -0.15) is 0 Å². The van der Waals surface area contributed by atoms with Crippen LogP contribution in [-0.4, -0.2) is 24.7 Å². The van der Waals surface area contributed by atoms with Gasteiger partial charge in [-0.25, -0.2) is 0 Å². The van der Waals surface area contributed by atoms with Gasteiger partial charge >= 0.3 is 0 Å². The van der Waals surface area contributed by atoms with Gasteiger partial charge in [0.1, 0.15) is 5.54 Å². The normalized spacial score (nSPS) is 22.6. The van der Waals surface area contributed by atoms with Gasteiger partial charge in [-0.3, -0.25) is 4.79 Å². The van der Waals surface area contributed by atoms with E-state index in [1.165, 1.54) is 0 Å². The van der Waals surface area contributed by atoms with E-state index in [0.717, 1.165) is 16.5 Å². The fraction of sp³-hybridized carbons (Fsp3) is 0.267. The van der Waals surface area contributed by atoms with Crippen molar-refractivity contribution in [3.8, 4) is 0 Å². The molecule has 4 heteroatoms. The van der Waals surface area contributed by atoms with E-state index in [1.54, 1.807) is 0 Å². The molecule has 0 radical (unpaired) electrons. The third-order valence-corrected chi connectivity index (χ3v) is 3.51.